The lowest BCUT2D eigenvalue weighted by Gasteiger charge is -2.03. The molecule has 0 saturated carbocycles. The molecule has 2 aromatic rings. The van der Waals surface area contributed by atoms with E-state index >= 15 is 0 Å². The molecule has 6 heteroatoms. The molecule has 0 aliphatic rings. The van der Waals surface area contributed by atoms with Gasteiger partial charge in [-0.05, 0) is 36.2 Å². The first-order valence-corrected chi connectivity index (χ1v) is 6.41. The average Bonchev–Trinajstić information content (AvgIpc) is 2.64. The van der Waals surface area contributed by atoms with E-state index in [1.54, 1.807) is 31.2 Å². The number of aromatic nitrogens is 1. The number of carbonyl (C=O) groups is 1. The third-order valence-electron chi connectivity index (χ3n) is 2.34. The first-order valence-electron chi connectivity index (χ1n) is 5.26. The molecule has 1 aromatic carbocycles. The van der Waals surface area contributed by atoms with Gasteiger partial charge in [-0.1, -0.05) is 23.7 Å². The maximum atomic E-state index is 11.8. The van der Waals surface area contributed by atoms with Crippen LogP contribution in [0.4, 0.5) is 5.00 Å². The van der Waals surface area contributed by atoms with Crippen molar-refractivity contribution in [3.63, 3.8) is 0 Å². The van der Waals surface area contributed by atoms with E-state index in [2.05, 4.69) is 9.69 Å². The highest BCUT2D eigenvalue weighted by Gasteiger charge is 2.11. The Hall–Kier alpha value is -1.59. The van der Waals surface area contributed by atoms with Crippen LogP contribution in [0.3, 0.4) is 0 Å². The highest BCUT2D eigenvalue weighted by molar-refractivity contribution is 7.11. The zero-order valence-corrected chi connectivity index (χ0v) is 11.2. The van der Waals surface area contributed by atoms with Crippen LogP contribution in [0.25, 0.3) is 0 Å². The number of aryl methyl sites for hydroxylation is 1. The maximum Gasteiger partial charge on any atom is 0.229 e. The van der Waals surface area contributed by atoms with Crippen molar-refractivity contribution in [3.8, 4) is 5.75 Å². The second-order valence-corrected chi connectivity index (χ2v) is 4.95. The van der Waals surface area contributed by atoms with Crippen molar-refractivity contribution in [1.82, 2.24) is 4.37 Å². The molecule has 0 aliphatic carbocycles. The second kappa shape index (κ2) is 5.37. The zero-order valence-electron chi connectivity index (χ0n) is 9.61. The van der Waals surface area contributed by atoms with Crippen LogP contribution in [-0.4, -0.2) is 15.4 Å². The molecular formula is C12H11ClN2O2S. The minimum atomic E-state index is -0.161. The van der Waals surface area contributed by atoms with Gasteiger partial charge in [-0.2, -0.15) is 4.37 Å². The van der Waals surface area contributed by atoms with Crippen molar-refractivity contribution in [2.24, 2.45) is 0 Å². The van der Waals surface area contributed by atoms with Crippen molar-refractivity contribution >= 4 is 34.0 Å². The number of nitrogens with zero attached hydrogens (tertiary/aromatic N) is 1. The monoisotopic (exact) mass is 282 g/mol. The van der Waals surface area contributed by atoms with Gasteiger partial charge in [-0.3, -0.25) is 4.79 Å². The first-order chi connectivity index (χ1) is 8.56. The number of hydrogen-bond acceptors (Lipinski definition) is 4. The van der Waals surface area contributed by atoms with E-state index in [0.29, 0.717) is 15.7 Å². The smallest absolute Gasteiger partial charge is 0.229 e. The minimum absolute atomic E-state index is 0.161. The van der Waals surface area contributed by atoms with E-state index in [1.807, 2.05) is 0 Å². The Morgan fingerprint density at radius 1 is 1.44 bits per heavy atom. The number of nitrogens with one attached hydrogen (secondary N) is 1. The summed E-state index contributed by atoms with van der Waals surface area (Å²) in [5.41, 5.74) is 1.53. The van der Waals surface area contributed by atoms with Gasteiger partial charge in [0.2, 0.25) is 5.91 Å². The van der Waals surface area contributed by atoms with Gasteiger partial charge < -0.3 is 10.4 Å². The molecule has 0 atom stereocenters. The topological polar surface area (TPSA) is 62.2 Å². The van der Waals surface area contributed by atoms with Crippen LogP contribution < -0.4 is 5.32 Å². The molecule has 1 amide bonds. The highest BCUT2D eigenvalue weighted by Crippen LogP contribution is 2.29. The summed E-state index contributed by atoms with van der Waals surface area (Å²) < 4.78 is 4.05. The van der Waals surface area contributed by atoms with Gasteiger partial charge in [0, 0.05) is 0 Å². The van der Waals surface area contributed by atoms with Gasteiger partial charge >= 0.3 is 0 Å². The molecule has 0 spiro atoms. The number of rotatable bonds is 3. The third kappa shape index (κ3) is 3.00. The maximum absolute atomic E-state index is 11.8. The molecule has 0 unspecified atom stereocenters. The summed E-state index contributed by atoms with van der Waals surface area (Å²) in [4.78, 5) is 11.8. The molecule has 18 heavy (non-hydrogen) atoms. The Labute approximate surface area is 113 Å². The second-order valence-electron chi connectivity index (χ2n) is 3.80. The van der Waals surface area contributed by atoms with Crippen LogP contribution in [-0.2, 0) is 11.2 Å². The number of phenolic OH excluding ortho intramolecular Hbond substituents is 1. The van der Waals surface area contributed by atoms with Crippen LogP contribution in [0.15, 0.2) is 24.3 Å². The standard InChI is InChI=1S/C12H11ClN2O2S/c1-7-11(13)12(18-15-7)14-10(17)6-8-2-4-9(16)5-3-8/h2-5,16H,6H2,1H3,(H,14,17). The number of hydrogen-bond donors (Lipinski definition) is 2. The van der Waals surface area contributed by atoms with Gasteiger partial charge in [0.15, 0.2) is 0 Å². The number of anilines is 1. The molecule has 1 aromatic heterocycles. The molecule has 0 radical (unpaired) electrons. The Balaban J connectivity index is 2.01. The molecule has 94 valence electrons. The molecule has 0 aliphatic heterocycles. The van der Waals surface area contributed by atoms with Gasteiger partial charge in [0.05, 0.1) is 17.1 Å². The first kappa shape index (κ1) is 12.9. The van der Waals surface area contributed by atoms with Crippen LogP contribution in [0.1, 0.15) is 11.3 Å². The van der Waals surface area contributed by atoms with E-state index in [4.69, 9.17) is 16.7 Å². The number of phenols is 1. The Bertz CT molecular complexity index is 566. The van der Waals surface area contributed by atoms with Gasteiger partial charge in [-0.15, -0.1) is 0 Å². The van der Waals surface area contributed by atoms with Crippen molar-refractivity contribution < 1.29 is 9.90 Å². The summed E-state index contributed by atoms with van der Waals surface area (Å²) in [6.07, 6.45) is 0.230. The third-order valence-corrected chi connectivity index (χ3v) is 3.77. The van der Waals surface area contributed by atoms with E-state index in [1.165, 1.54) is 0 Å². The molecule has 1 heterocycles. The van der Waals surface area contributed by atoms with Gasteiger partial charge in [0.25, 0.3) is 0 Å². The lowest BCUT2D eigenvalue weighted by Crippen LogP contribution is -2.13. The molecule has 2 rings (SSSR count). The summed E-state index contributed by atoms with van der Waals surface area (Å²) in [6.45, 7) is 1.79. The van der Waals surface area contributed by atoms with E-state index < -0.39 is 0 Å². The lowest BCUT2D eigenvalue weighted by molar-refractivity contribution is -0.115. The normalized spacial score (nSPS) is 10.3. The molecule has 0 bridgehead atoms. The predicted molar refractivity (Wildman–Crippen MR) is 72.3 cm³/mol. The number of aromatic hydroxyl groups is 1. The largest absolute Gasteiger partial charge is 0.508 e. The number of halogens is 1. The van der Waals surface area contributed by atoms with Crippen LogP contribution >= 0.6 is 23.1 Å². The molecule has 4 nitrogen and oxygen atoms in total. The fourth-order valence-corrected chi connectivity index (χ4v) is 2.36. The zero-order chi connectivity index (χ0) is 13.1. The summed E-state index contributed by atoms with van der Waals surface area (Å²) >= 11 is 7.14. The van der Waals surface area contributed by atoms with Crippen LogP contribution in [0, 0.1) is 6.92 Å². The van der Waals surface area contributed by atoms with Crippen molar-refractivity contribution in [3.05, 3.63) is 40.5 Å². The molecule has 0 fully saturated rings. The van der Waals surface area contributed by atoms with Crippen molar-refractivity contribution in [2.75, 3.05) is 5.32 Å². The Morgan fingerprint density at radius 2 is 2.11 bits per heavy atom. The number of carbonyl (C=O) groups excluding carboxylic acids is 1. The van der Waals surface area contributed by atoms with Crippen molar-refractivity contribution in [2.45, 2.75) is 13.3 Å². The molecular weight excluding hydrogens is 272 g/mol. The number of benzene rings is 1. The lowest BCUT2D eigenvalue weighted by atomic mass is 10.1. The van der Waals surface area contributed by atoms with Gasteiger partial charge in [0.1, 0.15) is 10.8 Å². The fourth-order valence-electron chi connectivity index (χ4n) is 1.41. The highest BCUT2D eigenvalue weighted by atomic mass is 35.5. The minimum Gasteiger partial charge on any atom is -0.508 e. The summed E-state index contributed by atoms with van der Waals surface area (Å²) in [6, 6.07) is 6.50. The van der Waals surface area contributed by atoms with E-state index in [0.717, 1.165) is 17.1 Å². The summed E-state index contributed by atoms with van der Waals surface area (Å²) in [7, 11) is 0. The predicted octanol–water partition coefficient (Wildman–Crippen LogP) is 2.99. The molecule has 2 N–H and O–H groups in total. The van der Waals surface area contributed by atoms with Gasteiger partial charge in [-0.25, -0.2) is 0 Å². The fraction of sp³-hybridized carbons (Fsp3) is 0.167. The van der Waals surface area contributed by atoms with E-state index in [-0.39, 0.29) is 18.1 Å². The SMILES string of the molecule is Cc1nsc(NC(=O)Cc2ccc(O)cc2)c1Cl. The van der Waals surface area contributed by atoms with E-state index in [9.17, 15) is 4.79 Å². The van der Waals surface area contributed by atoms with Crippen molar-refractivity contribution in [1.29, 1.82) is 0 Å². The van der Waals surface area contributed by atoms with Crippen LogP contribution in [0.2, 0.25) is 5.02 Å². The summed E-state index contributed by atoms with van der Waals surface area (Å²) in [5, 5.41) is 12.9. The quantitative estimate of drug-likeness (QED) is 0.910. The summed E-state index contributed by atoms with van der Waals surface area (Å²) in [5.74, 6) is 0.0199. The molecule has 0 saturated heterocycles. The average molecular weight is 283 g/mol. The Morgan fingerprint density at radius 3 is 2.67 bits per heavy atom. The number of amides is 1. The van der Waals surface area contributed by atoms with Crippen LogP contribution in [0.5, 0.6) is 5.75 Å². The Kier molecular flexibility index (Phi) is 3.84.